The van der Waals surface area contributed by atoms with E-state index < -0.39 is 11.8 Å². The van der Waals surface area contributed by atoms with Crippen LogP contribution in [-0.4, -0.2) is 29.2 Å². The lowest BCUT2D eigenvalue weighted by atomic mass is 10.0. The van der Waals surface area contributed by atoms with Gasteiger partial charge in [0, 0.05) is 0 Å². The first-order chi connectivity index (χ1) is 12.6. The molecule has 5 heteroatoms. The highest BCUT2D eigenvalue weighted by atomic mass is 16.2. The number of nitrogens with zero attached hydrogens (tertiary/aromatic N) is 1. The van der Waals surface area contributed by atoms with Crippen LogP contribution in [0.2, 0.25) is 0 Å². The largest absolute Gasteiger partial charge is 0.348 e. The molecular weight excluding hydrogens is 328 g/mol. The number of carbonyl (C=O) groups is 3. The minimum Gasteiger partial charge on any atom is -0.348 e. The molecule has 2 aromatic rings. The molecule has 0 fully saturated rings. The van der Waals surface area contributed by atoms with Gasteiger partial charge >= 0.3 is 0 Å². The highest BCUT2D eigenvalue weighted by Crippen LogP contribution is 2.23. The molecule has 0 saturated heterocycles. The minimum atomic E-state index is -0.412. The van der Waals surface area contributed by atoms with Crippen LogP contribution >= 0.6 is 0 Å². The fraction of sp³-hybridized carbons (Fsp3) is 0.286. The van der Waals surface area contributed by atoms with Gasteiger partial charge in [0.05, 0.1) is 17.2 Å². The summed E-state index contributed by atoms with van der Waals surface area (Å²) in [5.74, 6) is -1.15. The van der Waals surface area contributed by atoms with Crippen molar-refractivity contribution in [3.63, 3.8) is 0 Å². The molecule has 2 aromatic carbocycles. The summed E-state index contributed by atoms with van der Waals surface area (Å²) in [6, 6.07) is 16.3. The Morgan fingerprint density at radius 1 is 0.962 bits per heavy atom. The van der Waals surface area contributed by atoms with Crippen LogP contribution in [0.3, 0.4) is 0 Å². The van der Waals surface area contributed by atoms with Gasteiger partial charge in [-0.05, 0) is 24.1 Å². The normalized spacial score (nSPS) is 14.3. The van der Waals surface area contributed by atoms with Crippen LogP contribution in [-0.2, 0) is 4.79 Å². The minimum absolute atomic E-state index is 0.126. The van der Waals surface area contributed by atoms with Gasteiger partial charge < -0.3 is 5.32 Å². The molecule has 0 aromatic heterocycles. The van der Waals surface area contributed by atoms with Crippen molar-refractivity contribution in [2.45, 2.75) is 32.2 Å². The number of rotatable bonds is 7. The average Bonchev–Trinajstić information content (AvgIpc) is 2.91. The fourth-order valence-electron chi connectivity index (χ4n) is 3.18. The maximum Gasteiger partial charge on any atom is 0.262 e. The van der Waals surface area contributed by atoms with E-state index >= 15 is 0 Å². The van der Waals surface area contributed by atoms with E-state index in [0.717, 1.165) is 29.7 Å². The van der Waals surface area contributed by atoms with Gasteiger partial charge in [0.1, 0.15) is 6.54 Å². The molecule has 1 aliphatic rings. The topological polar surface area (TPSA) is 66.5 Å². The van der Waals surface area contributed by atoms with Crippen LogP contribution in [0.15, 0.2) is 54.6 Å². The van der Waals surface area contributed by atoms with E-state index in [-0.39, 0.29) is 18.5 Å². The number of fused-ring (bicyclic) bond motifs is 1. The number of amides is 3. The van der Waals surface area contributed by atoms with Gasteiger partial charge in [-0.3, -0.25) is 19.3 Å². The molecule has 0 aliphatic carbocycles. The third-order valence-corrected chi connectivity index (χ3v) is 4.56. The van der Waals surface area contributed by atoms with Crippen LogP contribution in [0.4, 0.5) is 0 Å². The van der Waals surface area contributed by atoms with Gasteiger partial charge in [0.25, 0.3) is 11.8 Å². The van der Waals surface area contributed by atoms with Gasteiger partial charge in [-0.1, -0.05) is 62.2 Å². The standard InChI is InChI=1S/C21H22N2O3/c1-2-3-13-18(15-9-5-4-6-10-15)22-19(24)14-23-20(25)16-11-7-8-12-17(16)21(23)26/h4-12,18H,2-3,13-14H2,1H3,(H,22,24)/t18-/m1/s1. The molecule has 1 N–H and O–H groups in total. The van der Waals surface area contributed by atoms with Crippen molar-refractivity contribution in [3.8, 4) is 0 Å². The van der Waals surface area contributed by atoms with E-state index in [1.54, 1.807) is 24.3 Å². The molecule has 1 atom stereocenters. The first kappa shape index (κ1) is 17.9. The number of hydrogen-bond donors (Lipinski definition) is 1. The zero-order valence-corrected chi connectivity index (χ0v) is 14.8. The predicted molar refractivity (Wildman–Crippen MR) is 98.7 cm³/mol. The van der Waals surface area contributed by atoms with Gasteiger partial charge in [-0.25, -0.2) is 0 Å². The van der Waals surface area contributed by atoms with E-state index in [9.17, 15) is 14.4 Å². The molecule has 5 nitrogen and oxygen atoms in total. The highest BCUT2D eigenvalue weighted by Gasteiger charge is 2.36. The first-order valence-electron chi connectivity index (χ1n) is 8.91. The Morgan fingerprint density at radius 3 is 2.12 bits per heavy atom. The summed E-state index contributed by atoms with van der Waals surface area (Å²) in [6.07, 6.45) is 2.82. The van der Waals surface area contributed by atoms with E-state index in [0.29, 0.717) is 11.1 Å². The molecule has 0 unspecified atom stereocenters. The zero-order valence-electron chi connectivity index (χ0n) is 14.8. The van der Waals surface area contributed by atoms with Crippen molar-refractivity contribution in [2.24, 2.45) is 0 Å². The molecular formula is C21H22N2O3. The molecule has 0 spiro atoms. The van der Waals surface area contributed by atoms with Crippen molar-refractivity contribution >= 4 is 17.7 Å². The molecule has 26 heavy (non-hydrogen) atoms. The average molecular weight is 350 g/mol. The van der Waals surface area contributed by atoms with E-state index in [2.05, 4.69) is 12.2 Å². The van der Waals surface area contributed by atoms with Gasteiger partial charge in [0.15, 0.2) is 0 Å². The third-order valence-electron chi connectivity index (χ3n) is 4.56. The fourth-order valence-corrected chi connectivity index (χ4v) is 3.18. The number of hydrogen-bond acceptors (Lipinski definition) is 3. The lowest BCUT2D eigenvalue weighted by Gasteiger charge is -2.21. The number of carbonyl (C=O) groups excluding carboxylic acids is 3. The quantitative estimate of drug-likeness (QED) is 0.779. The second-order valence-corrected chi connectivity index (χ2v) is 6.42. The van der Waals surface area contributed by atoms with Gasteiger partial charge in [-0.2, -0.15) is 0 Å². The van der Waals surface area contributed by atoms with Crippen molar-refractivity contribution < 1.29 is 14.4 Å². The lowest BCUT2D eigenvalue weighted by molar-refractivity contribution is -0.122. The third kappa shape index (κ3) is 3.67. The van der Waals surface area contributed by atoms with E-state index in [1.807, 2.05) is 30.3 Å². The Bertz CT molecular complexity index is 782. The van der Waals surface area contributed by atoms with Gasteiger partial charge in [0.2, 0.25) is 5.91 Å². The van der Waals surface area contributed by atoms with Crippen molar-refractivity contribution in [2.75, 3.05) is 6.54 Å². The first-order valence-corrected chi connectivity index (χ1v) is 8.91. The van der Waals surface area contributed by atoms with Crippen LogP contribution in [0, 0.1) is 0 Å². The number of imide groups is 1. The maximum atomic E-state index is 12.5. The molecule has 3 amide bonds. The van der Waals surface area contributed by atoms with E-state index in [1.165, 1.54) is 0 Å². The summed E-state index contributed by atoms with van der Waals surface area (Å²) < 4.78 is 0. The molecule has 0 radical (unpaired) electrons. The molecule has 1 aliphatic heterocycles. The molecule has 3 rings (SSSR count). The Morgan fingerprint density at radius 2 is 1.54 bits per heavy atom. The van der Waals surface area contributed by atoms with Gasteiger partial charge in [-0.15, -0.1) is 0 Å². The molecule has 1 heterocycles. The number of benzene rings is 2. The maximum absolute atomic E-state index is 12.5. The van der Waals surface area contributed by atoms with Crippen LogP contribution < -0.4 is 5.32 Å². The highest BCUT2D eigenvalue weighted by molar-refractivity contribution is 6.22. The monoisotopic (exact) mass is 350 g/mol. The summed E-state index contributed by atoms with van der Waals surface area (Å²) in [4.78, 5) is 38.3. The summed E-state index contributed by atoms with van der Waals surface area (Å²) in [6.45, 7) is 1.84. The van der Waals surface area contributed by atoms with Crippen LogP contribution in [0.1, 0.15) is 58.5 Å². The SMILES string of the molecule is CCCC[C@@H](NC(=O)CN1C(=O)c2ccccc2C1=O)c1ccccc1. The Labute approximate surface area is 153 Å². The summed E-state index contributed by atoms with van der Waals surface area (Å²) in [7, 11) is 0. The molecule has 0 saturated carbocycles. The van der Waals surface area contributed by atoms with Crippen molar-refractivity contribution in [1.29, 1.82) is 0 Å². The van der Waals surface area contributed by atoms with Crippen molar-refractivity contribution in [3.05, 3.63) is 71.3 Å². The van der Waals surface area contributed by atoms with Crippen LogP contribution in [0.25, 0.3) is 0 Å². The summed E-state index contributed by atoms with van der Waals surface area (Å²) in [5.41, 5.74) is 1.74. The van der Waals surface area contributed by atoms with Crippen molar-refractivity contribution in [1.82, 2.24) is 10.2 Å². The number of unbranched alkanes of at least 4 members (excludes halogenated alkanes) is 1. The molecule has 134 valence electrons. The second kappa shape index (κ2) is 7.95. The van der Waals surface area contributed by atoms with E-state index in [4.69, 9.17) is 0 Å². The Kier molecular flexibility index (Phi) is 5.46. The summed E-state index contributed by atoms with van der Waals surface area (Å²) >= 11 is 0. The summed E-state index contributed by atoms with van der Waals surface area (Å²) in [5, 5.41) is 2.98. The Balaban J connectivity index is 1.69. The lowest BCUT2D eigenvalue weighted by Crippen LogP contribution is -2.41. The van der Waals surface area contributed by atoms with Crippen LogP contribution in [0.5, 0.6) is 0 Å². The second-order valence-electron chi connectivity index (χ2n) is 6.42. The predicted octanol–water partition coefficient (Wildman–Crippen LogP) is 3.33. The zero-order chi connectivity index (χ0) is 18.5. The molecule has 0 bridgehead atoms. The Hall–Kier alpha value is -2.95. The smallest absolute Gasteiger partial charge is 0.262 e. The number of nitrogens with one attached hydrogen (secondary N) is 1.